The van der Waals surface area contributed by atoms with Crippen molar-refractivity contribution >= 4 is 17.8 Å². The Balaban J connectivity index is 1.89. The van der Waals surface area contributed by atoms with Crippen molar-refractivity contribution in [3.63, 3.8) is 0 Å². The van der Waals surface area contributed by atoms with E-state index in [0.29, 0.717) is 44.6 Å². The summed E-state index contributed by atoms with van der Waals surface area (Å²) in [7, 11) is 0. The minimum absolute atomic E-state index is 0.0648. The molecular formula is C13H21N4O7+. The molecule has 0 aliphatic carbocycles. The molecule has 1 saturated heterocycles. The second-order valence-corrected chi connectivity index (χ2v) is 4.60. The van der Waals surface area contributed by atoms with Crippen LogP contribution in [0.15, 0.2) is 5.11 Å². The average Bonchev–Trinajstić information content (AvgIpc) is 2.88. The van der Waals surface area contributed by atoms with Gasteiger partial charge in [-0.3, -0.25) is 9.59 Å². The number of amides is 2. The molecule has 134 valence electrons. The number of nitrogens with zero attached hydrogens (tertiary/aromatic N) is 3. The van der Waals surface area contributed by atoms with Crippen molar-refractivity contribution in [1.82, 2.24) is 9.97 Å². The lowest BCUT2D eigenvalue weighted by Crippen LogP contribution is -2.32. The molecular weight excluding hydrogens is 324 g/mol. The summed E-state index contributed by atoms with van der Waals surface area (Å²) in [5.74, 6) is -1.71. The molecule has 2 amide bonds. The molecule has 0 aromatic rings. The first-order chi connectivity index (χ1) is 11.6. The molecule has 11 nitrogen and oxygen atoms in total. The smallest absolute Gasteiger partial charge is 0.335 e. The van der Waals surface area contributed by atoms with Crippen LogP contribution < -0.4 is 4.91 Å². The van der Waals surface area contributed by atoms with Crippen LogP contribution in [0, 0.1) is 5.53 Å². The van der Waals surface area contributed by atoms with Crippen molar-refractivity contribution in [3.8, 4) is 0 Å². The fourth-order valence-corrected chi connectivity index (χ4v) is 1.66. The maximum absolute atomic E-state index is 11.5. The van der Waals surface area contributed by atoms with Gasteiger partial charge in [-0.15, -0.1) is 5.06 Å². The van der Waals surface area contributed by atoms with E-state index in [1.807, 2.05) is 0 Å². The normalized spacial score (nSPS) is 13.9. The molecule has 0 radical (unpaired) electrons. The number of hydrogen-bond donors (Lipinski definition) is 1. The van der Waals surface area contributed by atoms with Crippen molar-refractivity contribution in [1.29, 1.82) is 5.53 Å². The number of rotatable bonds is 13. The van der Waals surface area contributed by atoms with Crippen molar-refractivity contribution in [2.45, 2.75) is 19.3 Å². The van der Waals surface area contributed by atoms with E-state index in [1.165, 1.54) is 0 Å². The van der Waals surface area contributed by atoms with Crippen LogP contribution in [0.4, 0.5) is 0 Å². The van der Waals surface area contributed by atoms with Gasteiger partial charge in [0, 0.05) is 12.8 Å². The van der Waals surface area contributed by atoms with Crippen molar-refractivity contribution in [3.05, 3.63) is 0 Å². The van der Waals surface area contributed by atoms with E-state index in [9.17, 15) is 14.4 Å². The number of carbonyl (C=O) groups excluding carboxylic acids is 3. The highest BCUT2D eigenvalue weighted by Crippen LogP contribution is 2.12. The van der Waals surface area contributed by atoms with Gasteiger partial charge in [-0.25, -0.2) is 4.79 Å². The number of carbonyl (C=O) groups is 3. The van der Waals surface area contributed by atoms with Crippen LogP contribution >= 0.6 is 0 Å². The number of hydroxylamine groups is 2. The summed E-state index contributed by atoms with van der Waals surface area (Å²) in [6.45, 7) is 2.26. The van der Waals surface area contributed by atoms with E-state index in [0.717, 1.165) is 0 Å². The van der Waals surface area contributed by atoms with Gasteiger partial charge in [0.05, 0.1) is 46.1 Å². The Bertz CT molecular complexity index is 463. The quantitative estimate of drug-likeness (QED) is 0.207. The highest BCUT2D eigenvalue weighted by molar-refractivity contribution is 6.01. The predicted molar refractivity (Wildman–Crippen MR) is 76.4 cm³/mol. The molecule has 0 aromatic heterocycles. The molecule has 24 heavy (non-hydrogen) atoms. The maximum Gasteiger partial charge on any atom is 0.335 e. The molecule has 0 saturated carbocycles. The lowest BCUT2D eigenvalue weighted by Gasteiger charge is -2.12. The zero-order valence-corrected chi connectivity index (χ0v) is 13.3. The molecule has 0 spiro atoms. The Labute approximate surface area is 138 Å². The fourth-order valence-electron chi connectivity index (χ4n) is 1.66. The van der Waals surface area contributed by atoms with E-state index in [4.69, 9.17) is 19.7 Å². The minimum Gasteiger partial charge on any atom is -0.378 e. The Morgan fingerprint density at radius 1 is 1.00 bits per heavy atom. The Hall–Kier alpha value is -2.20. The standard InChI is InChI=1S/C13H21N4O7/c14-16-15-4-6-22-8-10-23-9-7-21-5-3-13(20)24-17-11(18)1-2-12(17)19/h14H,1-10H2/q+1. The van der Waals surface area contributed by atoms with Gasteiger partial charge in [-0.05, 0) is 0 Å². The summed E-state index contributed by atoms with van der Waals surface area (Å²) in [6, 6.07) is 0. The second-order valence-electron chi connectivity index (χ2n) is 4.60. The molecule has 1 fully saturated rings. The molecule has 1 rings (SSSR count). The van der Waals surface area contributed by atoms with Gasteiger partial charge in [0.25, 0.3) is 11.8 Å². The maximum atomic E-state index is 11.5. The summed E-state index contributed by atoms with van der Waals surface area (Å²) in [5.41, 5.74) is 6.43. The third-order valence-electron chi connectivity index (χ3n) is 2.80. The van der Waals surface area contributed by atoms with Gasteiger partial charge in [0.1, 0.15) is 17.2 Å². The first-order valence-corrected chi connectivity index (χ1v) is 7.48. The van der Waals surface area contributed by atoms with E-state index in [1.54, 1.807) is 0 Å². The van der Waals surface area contributed by atoms with Gasteiger partial charge in [-0.2, -0.15) is 0 Å². The predicted octanol–water partition coefficient (Wildman–Crippen LogP) is -0.416. The van der Waals surface area contributed by atoms with Crippen LogP contribution in [0.2, 0.25) is 0 Å². The molecule has 0 atom stereocenters. The number of nitrogens with one attached hydrogen (secondary N) is 1. The Morgan fingerprint density at radius 3 is 2.12 bits per heavy atom. The topological polar surface area (TPSA) is 142 Å². The van der Waals surface area contributed by atoms with Crippen LogP contribution in [-0.2, 0) is 33.4 Å². The van der Waals surface area contributed by atoms with Gasteiger partial charge in [0.2, 0.25) is 4.91 Å². The minimum atomic E-state index is -0.697. The van der Waals surface area contributed by atoms with E-state index < -0.39 is 17.8 Å². The average molecular weight is 345 g/mol. The summed E-state index contributed by atoms with van der Waals surface area (Å²) in [5, 5.41) is 3.93. The summed E-state index contributed by atoms with van der Waals surface area (Å²) in [6.07, 6.45) is 0.0702. The summed E-state index contributed by atoms with van der Waals surface area (Å²) < 4.78 is 15.6. The SMILES string of the molecule is N=[N+]=NCCOCCOCCOCCC(=O)ON1C(=O)CCC1=O. The lowest BCUT2D eigenvalue weighted by atomic mass is 10.4. The highest BCUT2D eigenvalue weighted by Gasteiger charge is 2.32. The third-order valence-corrected chi connectivity index (χ3v) is 2.80. The van der Waals surface area contributed by atoms with E-state index in [-0.39, 0.29) is 25.9 Å². The van der Waals surface area contributed by atoms with E-state index >= 15 is 0 Å². The summed E-state index contributed by atoms with van der Waals surface area (Å²) in [4.78, 5) is 41.5. The zero-order valence-electron chi connectivity index (χ0n) is 13.3. The lowest BCUT2D eigenvalue weighted by molar-refractivity contribution is -0.198. The van der Waals surface area contributed by atoms with Gasteiger partial charge in [0.15, 0.2) is 0 Å². The Morgan fingerprint density at radius 2 is 1.54 bits per heavy atom. The first-order valence-electron chi connectivity index (χ1n) is 7.48. The molecule has 1 aliphatic heterocycles. The second kappa shape index (κ2) is 12.3. The Kier molecular flexibility index (Phi) is 10.1. The van der Waals surface area contributed by atoms with Crippen LogP contribution in [-0.4, -0.2) is 69.0 Å². The van der Waals surface area contributed by atoms with Gasteiger partial charge >= 0.3 is 5.97 Å². The van der Waals surface area contributed by atoms with Crippen molar-refractivity contribution < 1.29 is 33.4 Å². The monoisotopic (exact) mass is 345 g/mol. The molecule has 1 N–H and O–H groups in total. The van der Waals surface area contributed by atoms with Crippen molar-refractivity contribution in [2.75, 3.05) is 46.2 Å². The van der Waals surface area contributed by atoms with Gasteiger partial charge in [-0.1, -0.05) is 0 Å². The first kappa shape index (κ1) is 19.8. The number of ether oxygens (including phenoxy) is 3. The third kappa shape index (κ3) is 8.44. The number of hydrogen-bond acceptors (Lipinski definition) is 9. The van der Waals surface area contributed by atoms with E-state index in [2.05, 4.69) is 14.9 Å². The van der Waals surface area contributed by atoms with Gasteiger partial charge < -0.3 is 19.0 Å². The molecule has 11 heteroatoms. The van der Waals surface area contributed by atoms with Crippen LogP contribution in [0.25, 0.3) is 0 Å². The largest absolute Gasteiger partial charge is 0.378 e. The molecule has 0 aromatic carbocycles. The molecule has 1 aliphatic rings. The summed E-state index contributed by atoms with van der Waals surface area (Å²) >= 11 is 0. The van der Waals surface area contributed by atoms with Crippen LogP contribution in [0.3, 0.4) is 0 Å². The van der Waals surface area contributed by atoms with Crippen LogP contribution in [0.5, 0.6) is 0 Å². The number of imide groups is 1. The molecule has 0 unspecified atom stereocenters. The fraction of sp³-hybridized carbons (Fsp3) is 0.769. The van der Waals surface area contributed by atoms with Crippen LogP contribution in [0.1, 0.15) is 19.3 Å². The molecule has 0 bridgehead atoms. The van der Waals surface area contributed by atoms with Crippen molar-refractivity contribution in [2.24, 2.45) is 5.11 Å². The highest BCUT2D eigenvalue weighted by atomic mass is 16.7. The zero-order chi connectivity index (χ0) is 17.6. The molecule has 1 heterocycles.